The summed E-state index contributed by atoms with van der Waals surface area (Å²) in [7, 11) is 1.15. The molecule has 0 fully saturated rings. The first-order valence-corrected chi connectivity index (χ1v) is 8.43. The molecule has 1 heteroatoms. The Bertz CT molecular complexity index is 110. The van der Waals surface area contributed by atoms with Gasteiger partial charge in [-0.1, -0.05) is 85.1 Å². The van der Waals surface area contributed by atoms with Crippen LogP contribution in [-0.4, -0.2) is 9.52 Å². The first kappa shape index (κ1) is 15.2. The molecule has 0 aromatic carbocycles. The lowest BCUT2D eigenvalue weighted by Crippen LogP contribution is -2.19. The molecule has 0 aliphatic heterocycles. The van der Waals surface area contributed by atoms with E-state index in [0.717, 1.165) is 14.6 Å². The van der Waals surface area contributed by atoms with Crippen LogP contribution < -0.4 is 0 Å². The molecule has 0 aromatic rings. The van der Waals surface area contributed by atoms with E-state index < -0.39 is 0 Å². The van der Waals surface area contributed by atoms with Crippen LogP contribution in [-0.2, 0) is 0 Å². The average molecular weight is 226 g/mol. The van der Waals surface area contributed by atoms with Crippen LogP contribution in [0.15, 0.2) is 0 Å². The molecule has 0 saturated carbocycles. The standard InChI is InChI=1S/C14H30Si/c1-5-8-11-14(15-4,12-9-6-2)13-10-7-3/h5-13H2,1-4H3. The predicted molar refractivity (Wildman–Crippen MR) is 72.9 cm³/mol. The Labute approximate surface area is 100 Å². The Morgan fingerprint density at radius 3 is 1.27 bits per heavy atom. The Morgan fingerprint density at radius 1 is 0.733 bits per heavy atom. The maximum Gasteiger partial charge on any atom is 0.0421 e. The Kier molecular flexibility index (Phi) is 9.58. The molecular formula is C14H30Si. The Hall–Kier alpha value is 0.217. The third kappa shape index (κ3) is 6.39. The van der Waals surface area contributed by atoms with Gasteiger partial charge in [0.1, 0.15) is 0 Å². The highest BCUT2D eigenvalue weighted by atomic mass is 28.2. The van der Waals surface area contributed by atoms with Gasteiger partial charge in [0, 0.05) is 9.52 Å². The minimum atomic E-state index is 0.724. The third-order valence-corrected chi connectivity index (χ3v) is 5.37. The Morgan fingerprint density at radius 2 is 1.07 bits per heavy atom. The lowest BCUT2D eigenvalue weighted by molar-refractivity contribution is 0.399. The minimum absolute atomic E-state index is 0.724. The predicted octanol–water partition coefficient (Wildman–Crippen LogP) is 5.47. The quantitative estimate of drug-likeness (QED) is 0.433. The maximum atomic E-state index is 2.43. The van der Waals surface area contributed by atoms with Crippen LogP contribution in [0.1, 0.15) is 78.6 Å². The zero-order valence-corrected chi connectivity index (χ0v) is 12.4. The molecule has 15 heavy (non-hydrogen) atoms. The van der Waals surface area contributed by atoms with Gasteiger partial charge in [-0.3, -0.25) is 0 Å². The highest BCUT2D eigenvalue weighted by molar-refractivity contribution is 6.38. The van der Waals surface area contributed by atoms with Gasteiger partial charge < -0.3 is 0 Å². The van der Waals surface area contributed by atoms with Gasteiger partial charge in [-0.25, -0.2) is 0 Å². The Balaban J connectivity index is 4.16. The first-order chi connectivity index (χ1) is 7.24. The van der Waals surface area contributed by atoms with Crippen molar-refractivity contribution < 1.29 is 0 Å². The second-order valence-corrected chi connectivity index (χ2v) is 6.40. The zero-order valence-electron chi connectivity index (χ0n) is 11.4. The van der Waals surface area contributed by atoms with Crippen molar-refractivity contribution in [1.29, 1.82) is 0 Å². The molecule has 0 heterocycles. The fraction of sp³-hybridized carbons (Fsp3) is 1.00. The maximum absolute atomic E-state index is 2.43. The molecule has 90 valence electrons. The molecule has 0 aromatic heterocycles. The van der Waals surface area contributed by atoms with E-state index in [1.165, 1.54) is 57.8 Å². The monoisotopic (exact) mass is 226 g/mol. The number of hydrogen-bond acceptors (Lipinski definition) is 0. The van der Waals surface area contributed by atoms with E-state index >= 15 is 0 Å². The van der Waals surface area contributed by atoms with Crippen molar-refractivity contribution in [3.8, 4) is 0 Å². The van der Waals surface area contributed by atoms with E-state index in [1.807, 2.05) is 0 Å². The van der Waals surface area contributed by atoms with E-state index in [9.17, 15) is 0 Å². The molecule has 0 amide bonds. The highest BCUT2D eigenvalue weighted by Crippen LogP contribution is 2.42. The third-order valence-electron chi connectivity index (χ3n) is 3.56. The average Bonchev–Trinajstić information content (AvgIpc) is 2.29. The van der Waals surface area contributed by atoms with E-state index in [2.05, 4.69) is 27.3 Å². The molecule has 0 spiro atoms. The fourth-order valence-corrected chi connectivity index (χ4v) is 3.58. The highest BCUT2D eigenvalue weighted by Gasteiger charge is 2.26. The van der Waals surface area contributed by atoms with Crippen molar-refractivity contribution in [2.75, 3.05) is 0 Å². The summed E-state index contributed by atoms with van der Waals surface area (Å²) in [5, 5.41) is 0.724. The van der Waals surface area contributed by atoms with Crippen molar-refractivity contribution in [3.05, 3.63) is 0 Å². The van der Waals surface area contributed by atoms with Gasteiger partial charge in [-0.05, 0) is 5.04 Å². The molecular weight excluding hydrogens is 196 g/mol. The minimum Gasteiger partial charge on any atom is -0.0728 e. The number of unbranched alkanes of at least 4 members (excludes halogenated alkanes) is 3. The van der Waals surface area contributed by atoms with Crippen molar-refractivity contribution in [2.24, 2.45) is 0 Å². The topological polar surface area (TPSA) is 0 Å². The van der Waals surface area contributed by atoms with Gasteiger partial charge >= 0.3 is 0 Å². The smallest absolute Gasteiger partial charge is 0.0421 e. The summed E-state index contributed by atoms with van der Waals surface area (Å²) in [5.74, 6) is 0. The van der Waals surface area contributed by atoms with Crippen LogP contribution in [0.3, 0.4) is 0 Å². The largest absolute Gasteiger partial charge is 0.0728 e. The number of rotatable bonds is 10. The molecule has 0 unspecified atom stereocenters. The second-order valence-electron chi connectivity index (χ2n) is 4.84. The summed E-state index contributed by atoms with van der Waals surface area (Å²) in [5.41, 5.74) is 0. The molecule has 0 bridgehead atoms. The van der Waals surface area contributed by atoms with Crippen LogP contribution in [0, 0.1) is 0 Å². The lowest BCUT2D eigenvalue weighted by Gasteiger charge is -2.32. The molecule has 2 radical (unpaired) electrons. The molecule has 0 saturated heterocycles. The van der Waals surface area contributed by atoms with Gasteiger partial charge in [0.25, 0.3) is 0 Å². The normalized spacial score (nSPS) is 12.0. The molecule has 0 aliphatic carbocycles. The summed E-state index contributed by atoms with van der Waals surface area (Å²) >= 11 is 0. The van der Waals surface area contributed by atoms with Gasteiger partial charge in [0.15, 0.2) is 0 Å². The van der Waals surface area contributed by atoms with Crippen LogP contribution >= 0.6 is 0 Å². The van der Waals surface area contributed by atoms with Crippen LogP contribution in [0.5, 0.6) is 0 Å². The summed E-state index contributed by atoms with van der Waals surface area (Å²) in [4.78, 5) is 0. The van der Waals surface area contributed by atoms with Crippen molar-refractivity contribution in [2.45, 2.75) is 90.1 Å². The van der Waals surface area contributed by atoms with Crippen molar-refractivity contribution in [3.63, 3.8) is 0 Å². The molecule has 0 rings (SSSR count). The summed E-state index contributed by atoms with van der Waals surface area (Å²) in [6.45, 7) is 9.40. The lowest BCUT2D eigenvalue weighted by atomic mass is 9.89. The zero-order chi connectivity index (χ0) is 11.6. The van der Waals surface area contributed by atoms with Gasteiger partial charge in [-0.2, -0.15) is 0 Å². The van der Waals surface area contributed by atoms with E-state index in [4.69, 9.17) is 0 Å². The summed E-state index contributed by atoms with van der Waals surface area (Å²) in [6.07, 6.45) is 12.9. The first-order valence-electron chi connectivity index (χ1n) is 6.93. The van der Waals surface area contributed by atoms with Gasteiger partial charge in [0.2, 0.25) is 0 Å². The SMILES string of the molecule is CCCCC(CCCC)(CCCC)[Si]C. The molecule has 0 N–H and O–H groups in total. The second kappa shape index (κ2) is 9.44. The van der Waals surface area contributed by atoms with Gasteiger partial charge in [0.05, 0.1) is 0 Å². The van der Waals surface area contributed by atoms with Crippen molar-refractivity contribution in [1.82, 2.24) is 0 Å². The summed E-state index contributed by atoms with van der Waals surface area (Å²) < 4.78 is 0. The van der Waals surface area contributed by atoms with Crippen LogP contribution in [0.25, 0.3) is 0 Å². The fourth-order valence-electron chi connectivity index (χ4n) is 2.30. The van der Waals surface area contributed by atoms with E-state index in [-0.39, 0.29) is 0 Å². The van der Waals surface area contributed by atoms with E-state index in [0.29, 0.717) is 0 Å². The van der Waals surface area contributed by atoms with E-state index in [1.54, 1.807) is 0 Å². The van der Waals surface area contributed by atoms with Crippen LogP contribution in [0.2, 0.25) is 11.6 Å². The summed E-state index contributed by atoms with van der Waals surface area (Å²) in [6, 6.07) is 0. The van der Waals surface area contributed by atoms with Crippen LogP contribution in [0.4, 0.5) is 0 Å². The number of hydrogen-bond donors (Lipinski definition) is 0. The molecule has 0 nitrogen and oxygen atoms in total. The molecule has 0 aliphatic rings. The van der Waals surface area contributed by atoms with Crippen molar-refractivity contribution >= 4 is 9.52 Å². The van der Waals surface area contributed by atoms with Gasteiger partial charge in [-0.15, -0.1) is 0 Å². The molecule has 0 atom stereocenters.